The highest BCUT2D eigenvalue weighted by Gasteiger charge is 2.03. The molecule has 0 radical (unpaired) electrons. The first kappa shape index (κ1) is 10.9. The van der Waals surface area contributed by atoms with Gasteiger partial charge in [0.15, 0.2) is 0 Å². The molecule has 3 nitrogen and oxygen atoms in total. The number of aliphatic hydroxyl groups excluding tert-OH is 1. The van der Waals surface area contributed by atoms with E-state index in [1.807, 2.05) is 30.3 Å². The van der Waals surface area contributed by atoms with Gasteiger partial charge in [-0.15, -0.1) is 0 Å². The van der Waals surface area contributed by atoms with Gasteiger partial charge in [-0.1, -0.05) is 25.1 Å². The molecule has 0 bridgehead atoms. The van der Waals surface area contributed by atoms with Crippen LogP contribution in [0, 0.1) is 0 Å². The number of rotatable bonds is 4. The predicted octanol–water partition coefficient (Wildman–Crippen LogP) is 2.55. The lowest BCUT2D eigenvalue weighted by molar-refractivity contribution is 0.277. The molecule has 0 fully saturated rings. The molecule has 2 rings (SSSR count). The number of pyridine rings is 1. The molecule has 1 aromatic heterocycles. The molecule has 0 spiro atoms. The van der Waals surface area contributed by atoms with Crippen molar-refractivity contribution in [3.63, 3.8) is 0 Å². The average molecular weight is 216 g/mol. The third-order valence-electron chi connectivity index (χ3n) is 2.50. The molecule has 0 aliphatic rings. The first-order valence-electron chi connectivity index (χ1n) is 5.58. The lowest BCUT2D eigenvalue weighted by atomic mass is 10.1. The van der Waals surface area contributed by atoms with Gasteiger partial charge in [-0.25, -0.2) is 0 Å². The third-order valence-corrected chi connectivity index (χ3v) is 2.50. The van der Waals surface area contributed by atoms with E-state index in [9.17, 15) is 0 Å². The Morgan fingerprint density at radius 3 is 2.88 bits per heavy atom. The summed E-state index contributed by atoms with van der Waals surface area (Å²) in [5.41, 5.74) is 2.68. The second-order valence-electron chi connectivity index (χ2n) is 3.76. The molecule has 0 atom stereocenters. The number of aliphatic hydroxyl groups is 1. The summed E-state index contributed by atoms with van der Waals surface area (Å²) < 4.78 is 0. The molecule has 0 saturated carbocycles. The highest BCUT2D eigenvalue weighted by atomic mass is 16.3. The molecular formula is C13H16N2O. The Morgan fingerprint density at radius 1 is 1.31 bits per heavy atom. The summed E-state index contributed by atoms with van der Waals surface area (Å²) >= 11 is 0. The lowest BCUT2D eigenvalue weighted by Crippen LogP contribution is -2.02. The zero-order chi connectivity index (χ0) is 11.4. The zero-order valence-corrected chi connectivity index (χ0v) is 9.40. The van der Waals surface area contributed by atoms with E-state index in [2.05, 4.69) is 17.2 Å². The first-order valence-corrected chi connectivity index (χ1v) is 5.58. The van der Waals surface area contributed by atoms with E-state index in [1.165, 1.54) is 0 Å². The summed E-state index contributed by atoms with van der Waals surface area (Å²) in [6, 6.07) is 9.88. The molecule has 0 aliphatic carbocycles. The van der Waals surface area contributed by atoms with Gasteiger partial charge in [-0.05, 0) is 18.6 Å². The Morgan fingerprint density at radius 2 is 2.12 bits per heavy atom. The summed E-state index contributed by atoms with van der Waals surface area (Å²) in [7, 11) is 0. The van der Waals surface area contributed by atoms with Gasteiger partial charge in [0.2, 0.25) is 0 Å². The fraction of sp³-hybridized carbons (Fsp3) is 0.308. The first-order chi connectivity index (χ1) is 7.85. The molecule has 0 aliphatic heterocycles. The van der Waals surface area contributed by atoms with E-state index in [0.29, 0.717) is 5.69 Å². The fourth-order valence-corrected chi connectivity index (χ4v) is 1.72. The van der Waals surface area contributed by atoms with Crippen molar-refractivity contribution in [2.24, 2.45) is 0 Å². The summed E-state index contributed by atoms with van der Waals surface area (Å²) in [6.07, 6.45) is 1.07. The molecule has 1 aromatic carbocycles. The number of fused-ring (bicyclic) bond motifs is 1. The Bertz CT molecular complexity index is 482. The van der Waals surface area contributed by atoms with E-state index in [-0.39, 0.29) is 6.61 Å². The number of hydrogen-bond acceptors (Lipinski definition) is 3. The van der Waals surface area contributed by atoms with E-state index < -0.39 is 0 Å². The molecule has 0 unspecified atom stereocenters. The molecule has 2 N–H and O–H groups in total. The summed E-state index contributed by atoms with van der Waals surface area (Å²) in [5, 5.41) is 13.6. The van der Waals surface area contributed by atoms with Crippen molar-refractivity contribution in [1.82, 2.24) is 4.98 Å². The van der Waals surface area contributed by atoms with Gasteiger partial charge < -0.3 is 10.4 Å². The molecule has 3 heteroatoms. The maximum atomic E-state index is 9.16. The smallest absolute Gasteiger partial charge is 0.0854 e. The van der Waals surface area contributed by atoms with Crippen molar-refractivity contribution in [3.8, 4) is 0 Å². The van der Waals surface area contributed by atoms with Crippen molar-refractivity contribution < 1.29 is 5.11 Å². The minimum Gasteiger partial charge on any atom is -0.390 e. The van der Waals surface area contributed by atoms with Gasteiger partial charge in [0.1, 0.15) is 0 Å². The minimum atomic E-state index is -0.0222. The summed E-state index contributed by atoms with van der Waals surface area (Å²) in [6.45, 7) is 3.04. The molecule has 2 aromatic rings. The van der Waals surface area contributed by atoms with Gasteiger partial charge in [-0.2, -0.15) is 0 Å². The molecule has 0 amide bonds. The van der Waals surface area contributed by atoms with Gasteiger partial charge in [0.25, 0.3) is 0 Å². The van der Waals surface area contributed by atoms with Crippen molar-refractivity contribution in [2.45, 2.75) is 20.0 Å². The van der Waals surface area contributed by atoms with Crippen LogP contribution in [0.25, 0.3) is 10.9 Å². The average Bonchev–Trinajstić information content (AvgIpc) is 2.35. The Kier molecular flexibility index (Phi) is 3.37. The van der Waals surface area contributed by atoms with Crippen LogP contribution >= 0.6 is 0 Å². The van der Waals surface area contributed by atoms with Gasteiger partial charge in [-0.3, -0.25) is 4.98 Å². The molecule has 0 saturated heterocycles. The van der Waals surface area contributed by atoms with Gasteiger partial charge in [0, 0.05) is 17.6 Å². The number of nitrogens with one attached hydrogen (secondary N) is 1. The Hall–Kier alpha value is -1.61. The zero-order valence-electron chi connectivity index (χ0n) is 9.40. The summed E-state index contributed by atoms with van der Waals surface area (Å²) in [5.74, 6) is 0. The second-order valence-corrected chi connectivity index (χ2v) is 3.76. The van der Waals surface area contributed by atoms with Crippen molar-refractivity contribution >= 4 is 16.6 Å². The van der Waals surface area contributed by atoms with Crippen LogP contribution in [0.4, 0.5) is 5.69 Å². The van der Waals surface area contributed by atoms with Crippen LogP contribution in [-0.2, 0) is 6.61 Å². The number of anilines is 1. The summed E-state index contributed by atoms with van der Waals surface area (Å²) in [4.78, 5) is 4.37. The van der Waals surface area contributed by atoms with Crippen LogP contribution in [0.3, 0.4) is 0 Å². The van der Waals surface area contributed by atoms with E-state index in [0.717, 1.165) is 29.6 Å². The monoisotopic (exact) mass is 216 g/mol. The predicted molar refractivity (Wildman–Crippen MR) is 66.4 cm³/mol. The molecule has 16 heavy (non-hydrogen) atoms. The Labute approximate surface area is 95.1 Å². The van der Waals surface area contributed by atoms with Crippen molar-refractivity contribution in [1.29, 1.82) is 0 Å². The minimum absolute atomic E-state index is 0.0222. The Balaban J connectivity index is 2.50. The second kappa shape index (κ2) is 4.94. The topological polar surface area (TPSA) is 45.1 Å². The van der Waals surface area contributed by atoms with Crippen LogP contribution in [0.5, 0.6) is 0 Å². The molecule has 84 valence electrons. The quantitative estimate of drug-likeness (QED) is 0.825. The van der Waals surface area contributed by atoms with E-state index in [4.69, 9.17) is 5.11 Å². The lowest BCUT2D eigenvalue weighted by Gasteiger charge is -2.10. The van der Waals surface area contributed by atoms with Crippen LogP contribution in [0.2, 0.25) is 0 Å². The highest BCUT2D eigenvalue weighted by Crippen LogP contribution is 2.23. The van der Waals surface area contributed by atoms with Crippen LogP contribution < -0.4 is 5.32 Å². The number of hydrogen-bond donors (Lipinski definition) is 2. The van der Waals surface area contributed by atoms with Crippen LogP contribution in [0.1, 0.15) is 19.0 Å². The molecule has 1 heterocycles. The van der Waals surface area contributed by atoms with Gasteiger partial charge in [0.05, 0.1) is 17.8 Å². The fourth-order valence-electron chi connectivity index (χ4n) is 1.72. The SMILES string of the molecule is CCCNc1cc(CO)nc2ccccc12. The van der Waals surface area contributed by atoms with E-state index >= 15 is 0 Å². The molecular weight excluding hydrogens is 200 g/mol. The standard InChI is InChI=1S/C13H16N2O/c1-2-7-14-13-8-10(9-16)15-12-6-4-3-5-11(12)13/h3-6,8,16H,2,7,9H2,1H3,(H,14,15). The van der Waals surface area contributed by atoms with Crippen molar-refractivity contribution in [3.05, 3.63) is 36.0 Å². The number of para-hydroxylation sites is 1. The van der Waals surface area contributed by atoms with Crippen LogP contribution in [-0.4, -0.2) is 16.6 Å². The number of benzene rings is 1. The van der Waals surface area contributed by atoms with Crippen LogP contribution in [0.15, 0.2) is 30.3 Å². The number of nitrogens with zero attached hydrogens (tertiary/aromatic N) is 1. The van der Waals surface area contributed by atoms with Crippen molar-refractivity contribution in [2.75, 3.05) is 11.9 Å². The largest absolute Gasteiger partial charge is 0.390 e. The maximum Gasteiger partial charge on any atom is 0.0854 e. The maximum absolute atomic E-state index is 9.16. The highest BCUT2D eigenvalue weighted by molar-refractivity contribution is 5.91. The van der Waals surface area contributed by atoms with Gasteiger partial charge >= 0.3 is 0 Å². The van der Waals surface area contributed by atoms with E-state index in [1.54, 1.807) is 0 Å². The number of aromatic nitrogens is 1. The third kappa shape index (κ3) is 2.14. The normalized spacial score (nSPS) is 10.6.